The molecule has 0 aromatic heterocycles. The second-order valence-corrected chi connectivity index (χ2v) is 3.29. The maximum Gasteiger partial charge on any atom is 0.0487 e. The lowest BCUT2D eigenvalue weighted by Crippen LogP contribution is -2.41. The molecule has 0 fully saturated rings. The van der Waals surface area contributed by atoms with Gasteiger partial charge in [-0.15, -0.1) is 0 Å². The van der Waals surface area contributed by atoms with E-state index in [2.05, 4.69) is 6.92 Å². The normalized spacial score (nSPS) is 38.5. The number of hydrogen-bond acceptors (Lipinski definition) is 2. The maximum absolute atomic E-state index is 11.3. The van der Waals surface area contributed by atoms with Gasteiger partial charge >= 0.3 is 0 Å². The molecule has 0 bridgehead atoms. The molecule has 0 N–H and O–H groups in total. The van der Waals surface area contributed by atoms with Gasteiger partial charge in [-0.05, 0) is 19.3 Å². The summed E-state index contributed by atoms with van der Waals surface area (Å²) in [7, 11) is 1.61. The van der Waals surface area contributed by atoms with Gasteiger partial charge in [0, 0.05) is 13.2 Å². The Morgan fingerprint density at radius 3 is 2.82 bits per heavy atom. The lowest BCUT2D eigenvalue weighted by Gasteiger charge is -2.36. The fourth-order valence-electron chi connectivity index (χ4n) is 1.43. The Bertz CT molecular complexity index is 163. The summed E-state index contributed by atoms with van der Waals surface area (Å²) in [6.07, 6.45) is 1.87. The molecule has 1 rings (SSSR count). The van der Waals surface area contributed by atoms with E-state index in [1.807, 2.05) is 6.92 Å². The van der Waals surface area contributed by atoms with Crippen molar-refractivity contribution in [1.82, 2.24) is 0 Å². The summed E-state index contributed by atoms with van der Waals surface area (Å²) in [5, 5.41) is 11.3. The van der Waals surface area contributed by atoms with Gasteiger partial charge < -0.3 is 9.84 Å². The van der Waals surface area contributed by atoms with E-state index >= 15 is 0 Å². The number of methoxy groups -OCH3 is 1. The van der Waals surface area contributed by atoms with Crippen molar-refractivity contribution >= 4 is 0 Å². The molecule has 0 aromatic rings. The molecule has 0 aromatic carbocycles. The molecule has 0 amide bonds. The molecule has 1 aliphatic carbocycles. The van der Waals surface area contributed by atoms with Crippen molar-refractivity contribution in [2.24, 2.45) is 5.92 Å². The molecule has 3 unspecified atom stereocenters. The van der Waals surface area contributed by atoms with Crippen molar-refractivity contribution in [3.63, 3.8) is 0 Å². The number of allylic oxidation sites excluding steroid dienone is 1. The largest absolute Gasteiger partial charge is 0.847 e. The van der Waals surface area contributed by atoms with E-state index in [1.165, 1.54) is 5.57 Å². The third-order valence-electron chi connectivity index (χ3n) is 2.46. The second kappa shape index (κ2) is 3.37. The highest BCUT2D eigenvalue weighted by Gasteiger charge is 2.20. The summed E-state index contributed by atoms with van der Waals surface area (Å²) in [6, 6.07) is 0. The molecule has 0 aliphatic heterocycles. The lowest BCUT2D eigenvalue weighted by atomic mass is 9.87. The van der Waals surface area contributed by atoms with E-state index in [9.17, 15) is 5.11 Å². The standard InChI is InChI=1S/C9H15O2/c1-6-4-8(10)9(11-3)5-7(6)2/h4,7-9H,5H2,1-3H3/q-1. The second-order valence-electron chi connectivity index (χ2n) is 3.29. The Morgan fingerprint density at radius 2 is 2.27 bits per heavy atom. The molecule has 0 saturated heterocycles. The molecule has 2 nitrogen and oxygen atoms in total. The molecule has 0 spiro atoms. The van der Waals surface area contributed by atoms with Crippen molar-refractivity contribution in [2.75, 3.05) is 7.11 Å². The van der Waals surface area contributed by atoms with E-state index in [0.29, 0.717) is 5.92 Å². The minimum Gasteiger partial charge on any atom is -0.847 e. The lowest BCUT2D eigenvalue weighted by molar-refractivity contribution is -0.424. The third-order valence-corrected chi connectivity index (χ3v) is 2.46. The van der Waals surface area contributed by atoms with Crippen molar-refractivity contribution in [2.45, 2.75) is 32.5 Å². The molecule has 2 heteroatoms. The summed E-state index contributed by atoms with van der Waals surface area (Å²) in [6.45, 7) is 4.14. The fraction of sp³-hybridized carbons (Fsp3) is 0.778. The van der Waals surface area contributed by atoms with Crippen LogP contribution in [0.1, 0.15) is 20.3 Å². The first-order valence-corrected chi connectivity index (χ1v) is 4.02. The monoisotopic (exact) mass is 155 g/mol. The van der Waals surface area contributed by atoms with Gasteiger partial charge in [-0.1, -0.05) is 24.7 Å². The van der Waals surface area contributed by atoms with E-state index < -0.39 is 6.10 Å². The van der Waals surface area contributed by atoms with Gasteiger partial charge in [0.1, 0.15) is 0 Å². The zero-order chi connectivity index (χ0) is 8.43. The van der Waals surface area contributed by atoms with Crippen LogP contribution in [0.25, 0.3) is 0 Å². The van der Waals surface area contributed by atoms with E-state index in [-0.39, 0.29) is 6.10 Å². The van der Waals surface area contributed by atoms with Crippen LogP contribution in [-0.4, -0.2) is 19.3 Å². The highest BCUT2D eigenvalue weighted by molar-refractivity contribution is 5.11. The molecule has 0 saturated carbocycles. The van der Waals surface area contributed by atoms with Crippen LogP contribution in [0.2, 0.25) is 0 Å². The van der Waals surface area contributed by atoms with Crippen LogP contribution in [-0.2, 0) is 4.74 Å². The van der Waals surface area contributed by atoms with Crippen LogP contribution in [0.3, 0.4) is 0 Å². The van der Waals surface area contributed by atoms with Gasteiger partial charge in [0.2, 0.25) is 0 Å². The van der Waals surface area contributed by atoms with Crippen molar-refractivity contribution in [3.8, 4) is 0 Å². The Hall–Kier alpha value is -0.340. The summed E-state index contributed by atoms with van der Waals surface area (Å²) in [5.74, 6) is 0.505. The Kier molecular flexibility index (Phi) is 2.68. The Morgan fingerprint density at radius 1 is 1.64 bits per heavy atom. The predicted molar refractivity (Wildman–Crippen MR) is 42.1 cm³/mol. The summed E-state index contributed by atoms with van der Waals surface area (Å²) in [4.78, 5) is 0. The molecule has 0 heterocycles. The van der Waals surface area contributed by atoms with Crippen LogP contribution in [0, 0.1) is 5.92 Å². The van der Waals surface area contributed by atoms with Crippen molar-refractivity contribution in [1.29, 1.82) is 0 Å². The molecule has 11 heavy (non-hydrogen) atoms. The molecule has 1 aliphatic rings. The van der Waals surface area contributed by atoms with Crippen molar-refractivity contribution < 1.29 is 9.84 Å². The molecule has 3 atom stereocenters. The van der Waals surface area contributed by atoms with E-state index in [1.54, 1.807) is 13.2 Å². The quantitative estimate of drug-likeness (QED) is 0.522. The van der Waals surface area contributed by atoms with Crippen molar-refractivity contribution in [3.05, 3.63) is 11.6 Å². The highest BCUT2D eigenvalue weighted by Crippen LogP contribution is 2.24. The Labute approximate surface area is 67.9 Å². The third kappa shape index (κ3) is 1.82. The average molecular weight is 155 g/mol. The zero-order valence-corrected chi connectivity index (χ0v) is 7.33. The van der Waals surface area contributed by atoms with Crippen LogP contribution < -0.4 is 5.11 Å². The number of hydrogen-bond donors (Lipinski definition) is 0. The van der Waals surface area contributed by atoms with Gasteiger partial charge in [-0.2, -0.15) is 0 Å². The smallest absolute Gasteiger partial charge is 0.0487 e. The summed E-state index contributed by atoms with van der Waals surface area (Å²) in [5.41, 5.74) is 1.21. The van der Waals surface area contributed by atoms with Crippen LogP contribution in [0.5, 0.6) is 0 Å². The predicted octanol–water partition coefficient (Wildman–Crippen LogP) is 0.716. The van der Waals surface area contributed by atoms with Crippen LogP contribution >= 0.6 is 0 Å². The summed E-state index contributed by atoms with van der Waals surface area (Å²) < 4.78 is 5.07. The van der Waals surface area contributed by atoms with Gasteiger partial charge in [0.25, 0.3) is 0 Å². The first-order valence-electron chi connectivity index (χ1n) is 4.02. The number of ether oxygens (including phenoxy) is 1. The molecule has 64 valence electrons. The minimum atomic E-state index is -0.656. The Balaban J connectivity index is 2.67. The molecular formula is C9H15O2-. The molecular weight excluding hydrogens is 140 g/mol. The van der Waals surface area contributed by atoms with E-state index in [0.717, 1.165) is 6.42 Å². The van der Waals surface area contributed by atoms with Gasteiger partial charge in [-0.3, -0.25) is 0 Å². The first-order chi connectivity index (χ1) is 5.15. The topological polar surface area (TPSA) is 32.3 Å². The summed E-state index contributed by atoms with van der Waals surface area (Å²) >= 11 is 0. The molecule has 0 radical (unpaired) electrons. The van der Waals surface area contributed by atoms with Crippen LogP contribution in [0.4, 0.5) is 0 Å². The van der Waals surface area contributed by atoms with Gasteiger partial charge in [0.15, 0.2) is 0 Å². The van der Waals surface area contributed by atoms with Gasteiger partial charge in [-0.25, -0.2) is 0 Å². The first kappa shape index (κ1) is 8.75. The van der Waals surface area contributed by atoms with Crippen LogP contribution in [0.15, 0.2) is 11.6 Å². The van der Waals surface area contributed by atoms with Gasteiger partial charge in [0.05, 0.1) is 0 Å². The fourth-order valence-corrected chi connectivity index (χ4v) is 1.43. The zero-order valence-electron chi connectivity index (χ0n) is 7.33. The highest BCUT2D eigenvalue weighted by atomic mass is 16.5. The minimum absolute atomic E-state index is 0.117. The van der Waals surface area contributed by atoms with E-state index in [4.69, 9.17) is 4.74 Å². The number of rotatable bonds is 1. The average Bonchev–Trinajstić information content (AvgIpc) is 1.97. The SMILES string of the molecule is COC1CC(C)C(C)=CC1[O-]. The maximum atomic E-state index is 11.3.